The Morgan fingerprint density at radius 3 is 2.63 bits per heavy atom. The number of hydrogen-bond donors (Lipinski definition) is 3. The van der Waals surface area contributed by atoms with Crippen molar-refractivity contribution in [2.75, 3.05) is 11.1 Å². The number of benzene rings is 1. The van der Waals surface area contributed by atoms with Crippen LogP contribution in [-0.4, -0.2) is 17.0 Å². The zero-order valence-corrected chi connectivity index (χ0v) is 10.8. The molecule has 2 unspecified atom stereocenters. The highest BCUT2D eigenvalue weighted by atomic mass is 16.4. The molecule has 5 heteroatoms. The molecule has 2 rings (SSSR count). The van der Waals surface area contributed by atoms with Gasteiger partial charge in [-0.3, -0.25) is 4.79 Å². The second-order valence-corrected chi connectivity index (χ2v) is 5.11. The highest BCUT2D eigenvalue weighted by Gasteiger charge is 2.29. The molecule has 1 aromatic carbocycles. The number of nitrogens with two attached hydrogens (primary N) is 1. The number of anilines is 2. The van der Waals surface area contributed by atoms with Gasteiger partial charge < -0.3 is 16.2 Å². The summed E-state index contributed by atoms with van der Waals surface area (Å²) >= 11 is 0. The normalized spacial score (nSPS) is 22.2. The van der Waals surface area contributed by atoms with Gasteiger partial charge in [-0.2, -0.15) is 0 Å². The van der Waals surface area contributed by atoms with E-state index in [1.54, 1.807) is 0 Å². The van der Waals surface area contributed by atoms with Crippen molar-refractivity contribution in [1.82, 2.24) is 0 Å². The molecule has 1 aliphatic rings. The predicted molar refractivity (Wildman–Crippen MR) is 72.9 cm³/mol. The molecule has 0 bridgehead atoms. The van der Waals surface area contributed by atoms with Gasteiger partial charge in [0.15, 0.2) is 0 Å². The summed E-state index contributed by atoms with van der Waals surface area (Å²) in [7, 11) is 0. The lowest BCUT2D eigenvalue weighted by Crippen LogP contribution is -2.25. The van der Waals surface area contributed by atoms with E-state index in [4.69, 9.17) is 10.8 Å². The SMILES string of the molecule is CC1CCCC1C(=O)Nc1ccc(C(=O)O)cc1N. The number of carboxylic acid groups (broad SMARTS) is 1. The van der Waals surface area contributed by atoms with E-state index in [-0.39, 0.29) is 23.1 Å². The minimum Gasteiger partial charge on any atom is -0.478 e. The Labute approximate surface area is 111 Å². The summed E-state index contributed by atoms with van der Waals surface area (Å²) < 4.78 is 0. The van der Waals surface area contributed by atoms with Crippen LogP contribution < -0.4 is 11.1 Å². The largest absolute Gasteiger partial charge is 0.478 e. The third-order valence-electron chi connectivity index (χ3n) is 3.75. The third kappa shape index (κ3) is 2.86. The first kappa shape index (κ1) is 13.4. The van der Waals surface area contributed by atoms with E-state index in [1.807, 2.05) is 0 Å². The average molecular weight is 262 g/mol. The molecular weight excluding hydrogens is 244 g/mol. The van der Waals surface area contributed by atoms with Gasteiger partial charge in [-0.1, -0.05) is 13.3 Å². The quantitative estimate of drug-likeness (QED) is 0.729. The Morgan fingerprint density at radius 1 is 1.37 bits per heavy atom. The van der Waals surface area contributed by atoms with Crippen molar-refractivity contribution >= 4 is 23.3 Å². The standard InChI is InChI=1S/C14H18N2O3/c1-8-3-2-4-10(8)13(17)16-12-6-5-9(14(18)19)7-11(12)15/h5-8,10H,2-4,15H2,1H3,(H,16,17)(H,18,19). The number of nitrogen functional groups attached to an aromatic ring is 1. The Morgan fingerprint density at radius 2 is 2.11 bits per heavy atom. The van der Waals surface area contributed by atoms with E-state index in [1.165, 1.54) is 18.2 Å². The monoisotopic (exact) mass is 262 g/mol. The van der Waals surface area contributed by atoms with E-state index < -0.39 is 5.97 Å². The highest BCUT2D eigenvalue weighted by molar-refractivity contribution is 5.97. The molecule has 2 atom stereocenters. The first-order valence-electron chi connectivity index (χ1n) is 6.42. The second kappa shape index (κ2) is 5.30. The van der Waals surface area contributed by atoms with Crippen molar-refractivity contribution in [2.45, 2.75) is 26.2 Å². The summed E-state index contributed by atoms with van der Waals surface area (Å²) in [5, 5.41) is 11.6. The van der Waals surface area contributed by atoms with Crippen molar-refractivity contribution in [2.24, 2.45) is 11.8 Å². The first-order valence-corrected chi connectivity index (χ1v) is 6.42. The topological polar surface area (TPSA) is 92.4 Å². The Hall–Kier alpha value is -2.04. The summed E-state index contributed by atoms with van der Waals surface area (Å²) in [6, 6.07) is 4.33. The smallest absolute Gasteiger partial charge is 0.335 e. The lowest BCUT2D eigenvalue weighted by molar-refractivity contribution is -0.120. The molecule has 0 aromatic heterocycles. The Balaban J connectivity index is 2.11. The van der Waals surface area contributed by atoms with Crippen LogP contribution in [0.15, 0.2) is 18.2 Å². The summed E-state index contributed by atoms with van der Waals surface area (Å²) in [5.41, 5.74) is 6.64. The molecular formula is C14H18N2O3. The third-order valence-corrected chi connectivity index (χ3v) is 3.75. The minimum atomic E-state index is -1.03. The summed E-state index contributed by atoms with van der Waals surface area (Å²) in [6.07, 6.45) is 3.05. The molecule has 1 aliphatic carbocycles. The van der Waals surface area contributed by atoms with Crippen LogP contribution in [0.2, 0.25) is 0 Å². The predicted octanol–water partition coefficient (Wildman–Crippen LogP) is 2.34. The number of aromatic carboxylic acids is 1. The maximum Gasteiger partial charge on any atom is 0.335 e. The number of carboxylic acids is 1. The fourth-order valence-corrected chi connectivity index (χ4v) is 2.57. The minimum absolute atomic E-state index is 0.0264. The molecule has 19 heavy (non-hydrogen) atoms. The molecule has 1 aromatic rings. The van der Waals surface area contributed by atoms with Crippen LogP contribution in [0.4, 0.5) is 11.4 Å². The molecule has 0 radical (unpaired) electrons. The number of rotatable bonds is 3. The fourth-order valence-electron chi connectivity index (χ4n) is 2.57. The van der Waals surface area contributed by atoms with E-state index in [0.29, 0.717) is 11.6 Å². The van der Waals surface area contributed by atoms with Gasteiger partial charge in [-0.15, -0.1) is 0 Å². The fraction of sp³-hybridized carbons (Fsp3) is 0.429. The lowest BCUT2D eigenvalue weighted by Gasteiger charge is -2.16. The molecule has 1 amide bonds. The summed E-state index contributed by atoms with van der Waals surface area (Å²) in [4.78, 5) is 22.9. The van der Waals surface area contributed by atoms with Gasteiger partial charge in [0.2, 0.25) is 5.91 Å². The molecule has 0 saturated heterocycles. The second-order valence-electron chi connectivity index (χ2n) is 5.11. The number of amides is 1. The van der Waals surface area contributed by atoms with Crippen molar-refractivity contribution in [3.8, 4) is 0 Å². The molecule has 1 fully saturated rings. The summed E-state index contributed by atoms with van der Waals surface area (Å²) in [6.45, 7) is 2.08. The lowest BCUT2D eigenvalue weighted by atomic mass is 9.97. The maximum absolute atomic E-state index is 12.1. The van der Waals surface area contributed by atoms with Gasteiger partial charge in [0.1, 0.15) is 0 Å². The van der Waals surface area contributed by atoms with E-state index in [2.05, 4.69) is 12.2 Å². The Kier molecular flexibility index (Phi) is 3.74. The maximum atomic E-state index is 12.1. The van der Waals surface area contributed by atoms with Crippen LogP contribution in [0.1, 0.15) is 36.5 Å². The van der Waals surface area contributed by atoms with Gasteiger partial charge in [-0.05, 0) is 37.0 Å². The van der Waals surface area contributed by atoms with Crippen LogP contribution in [0.3, 0.4) is 0 Å². The van der Waals surface area contributed by atoms with Gasteiger partial charge in [0.05, 0.1) is 16.9 Å². The van der Waals surface area contributed by atoms with Crippen LogP contribution in [0.5, 0.6) is 0 Å². The Bertz CT molecular complexity index is 513. The zero-order valence-electron chi connectivity index (χ0n) is 10.8. The zero-order chi connectivity index (χ0) is 14.0. The molecule has 0 aliphatic heterocycles. The van der Waals surface area contributed by atoms with Crippen molar-refractivity contribution < 1.29 is 14.7 Å². The van der Waals surface area contributed by atoms with E-state index >= 15 is 0 Å². The van der Waals surface area contributed by atoms with Gasteiger partial charge >= 0.3 is 5.97 Å². The number of nitrogens with one attached hydrogen (secondary N) is 1. The van der Waals surface area contributed by atoms with Crippen LogP contribution >= 0.6 is 0 Å². The number of carbonyl (C=O) groups excluding carboxylic acids is 1. The van der Waals surface area contributed by atoms with Crippen LogP contribution in [0.25, 0.3) is 0 Å². The highest BCUT2D eigenvalue weighted by Crippen LogP contribution is 2.32. The molecule has 5 nitrogen and oxygen atoms in total. The summed E-state index contributed by atoms with van der Waals surface area (Å²) in [5.74, 6) is -0.646. The first-order chi connectivity index (χ1) is 8.99. The number of hydrogen-bond acceptors (Lipinski definition) is 3. The van der Waals surface area contributed by atoms with Gasteiger partial charge in [-0.25, -0.2) is 4.79 Å². The number of carbonyl (C=O) groups is 2. The van der Waals surface area contributed by atoms with E-state index in [9.17, 15) is 9.59 Å². The van der Waals surface area contributed by atoms with Crippen molar-refractivity contribution in [1.29, 1.82) is 0 Å². The molecule has 102 valence electrons. The van der Waals surface area contributed by atoms with Gasteiger partial charge in [0.25, 0.3) is 0 Å². The molecule has 0 spiro atoms. The van der Waals surface area contributed by atoms with Crippen molar-refractivity contribution in [3.05, 3.63) is 23.8 Å². The van der Waals surface area contributed by atoms with Crippen molar-refractivity contribution in [3.63, 3.8) is 0 Å². The molecule has 0 heterocycles. The van der Waals surface area contributed by atoms with Gasteiger partial charge in [0, 0.05) is 5.92 Å². The average Bonchev–Trinajstić information content (AvgIpc) is 2.77. The van der Waals surface area contributed by atoms with Crippen LogP contribution in [0, 0.1) is 11.8 Å². The van der Waals surface area contributed by atoms with E-state index in [0.717, 1.165) is 19.3 Å². The van der Waals surface area contributed by atoms with Crippen LogP contribution in [-0.2, 0) is 4.79 Å². The molecule has 4 N–H and O–H groups in total. The molecule has 1 saturated carbocycles.